The van der Waals surface area contributed by atoms with E-state index in [4.69, 9.17) is 19.9 Å². The van der Waals surface area contributed by atoms with Gasteiger partial charge in [0.2, 0.25) is 5.91 Å². The number of methoxy groups -OCH3 is 2. The topological polar surface area (TPSA) is 74.0 Å². The molecule has 6 heteroatoms. The van der Waals surface area contributed by atoms with Crippen molar-refractivity contribution in [3.8, 4) is 17.2 Å². The van der Waals surface area contributed by atoms with Crippen molar-refractivity contribution < 1.29 is 19.0 Å². The molecule has 0 aliphatic heterocycles. The van der Waals surface area contributed by atoms with Crippen molar-refractivity contribution in [1.29, 1.82) is 0 Å². The van der Waals surface area contributed by atoms with Crippen molar-refractivity contribution in [2.24, 2.45) is 5.73 Å². The number of rotatable bonds is 9. The van der Waals surface area contributed by atoms with Gasteiger partial charge in [0.05, 0.1) is 20.8 Å². The first-order valence-electron chi connectivity index (χ1n) is 8.87. The number of carbonyl (C=O) groups is 1. The Labute approximate surface area is 160 Å². The highest BCUT2D eigenvalue weighted by atomic mass is 16.5. The van der Waals surface area contributed by atoms with Crippen molar-refractivity contribution >= 4 is 5.91 Å². The summed E-state index contributed by atoms with van der Waals surface area (Å²) >= 11 is 0. The summed E-state index contributed by atoms with van der Waals surface area (Å²) in [6, 6.07) is 12.4. The Kier molecular flexibility index (Phi) is 7.49. The van der Waals surface area contributed by atoms with Gasteiger partial charge in [0.15, 0.2) is 0 Å². The van der Waals surface area contributed by atoms with Crippen LogP contribution in [0.5, 0.6) is 17.2 Å². The summed E-state index contributed by atoms with van der Waals surface area (Å²) in [5, 5.41) is 0. The van der Waals surface area contributed by atoms with Crippen LogP contribution in [0.4, 0.5) is 0 Å². The van der Waals surface area contributed by atoms with Crippen molar-refractivity contribution in [2.75, 3.05) is 34.4 Å². The van der Waals surface area contributed by atoms with Gasteiger partial charge < -0.3 is 24.8 Å². The van der Waals surface area contributed by atoms with E-state index in [2.05, 4.69) is 0 Å². The van der Waals surface area contributed by atoms with Crippen LogP contribution >= 0.6 is 0 Å². The third-order valence-electron chi connectivity index (χ3n) is 4.31. The number of hydrogen-bond donors (Lipinski definition) is 1. The number of amides is 1. The predicted octanol–water partition coefficient (Wildman–Crippen LogP) is 2.94. The SMILES string of the molecule is COc1cc(OC)cc(OCCCN(C)C(=O)C(N)c2ccc(C)cc2)c1. The zero-order chi connectivity index (χ0) is 19.8. The fraction of sp³-hybridized carbons (Fsp3) is 0.381. The molecule has 0 radical (unpaired) electrons. The number of benzene rings is 2. The Hall–Kier alpha value is -2.73. The van der Waals surface area contributed by atoms with Crippen LogP contribution < -0.4 is 19.9 Å². The molecule has 0 aliphatic carbocycles. The van der Waals surface area contributed by atoms with E-state index in [1.54, 1.807) is 44.4 Å². The van der Waals surface area contributed by atoms with E-state index in [0.29, 0.717) is 36.8 Å². The lowest BCUT2D eigenvalue weighted by Gasteiger charge is -2.21. The summed E-state index contributed by atoms with van der Waals surface area (Å²) in [5.41, 5.74) is 8.05. The van der Waals surface area contributed by atoms with Gasteiger partial charge in [-0.3, -0.25) is 4.79 Å². The largest absolute Gasteiger partial charge is 0.496 e. The molecule has 0 heterocycles. The smallest absolute Gasteiger partial charge is 0.243 e. The highest BCUT2D eigenvalue weighted by Gasteiger charge is 2.19. The standard InChI is InChI=1S/C21H28N2O4/c1-15-6-8-16(9-7-15)20(22)21(24)23(2)10-5-11-27-19-13-17(25-3)12-18(14-19)26-4/h6-9,12-14,20H,5,10-11,22H2,1-4H3. The van der Waals surface area contributed by atoms with Crippen LogP contribution in [0.2, 0.25) is 0 Å². The molecule has 27 heavy (non-hydrogen) atoms. The lowest BCUT2D eigenvalue weighted by Crippen LogP contribution is -2.36. The first-order valence-corrected chi connectivity index (χ1v) is 8.87. The third kappa shape index (κ3) is 5.89. The zero-order valence-electron chi connectivity index (χ0n) is 16.4. The summed E-state index contributed by atoms with van der Waals surface area (Å²) in [5.74, 6) is 1.89. The van der Waals surface area contributed by atoms with Crippen LogP contribution in [0.15, 0.2) is 42.5 Å². The molecule has 0 aliphatic rings. The number of nitrogens with two attached hydrogens (primary N) is 1. The van der Waals surface area contributed by atoms with E-state index in [9.17, 15) is 4.79 Å². The summed E-state index contributed by atoms with van der Waals surface area (Å²) in [6.45, 7) is 3.02. The lowest BCUT2D eigenvalue weighted by molar-refractivity contribution is -0.131. The molecule has 2 rings (SSSR count). The minimum absolute atomic E-state index is 0.109. The van der Waals surface area contributed by atoms with Crippen LogP contribution in [0.25, 0.3) is 0 Å². The maximum absolute atomic E-state index is 12.5. The Morgan fingerprint density at radius 3 is 2.15 bits per heavy atom. The van der Waals surface area contributed by atoms with Gasteiger partial charge >= 0.3 is 0 Å². The van der Waals surface area contributed by atoms with E-state index in [1.165, 1.54) is 0 Å². The third-order valence-corrected chi connectivity index (χ3v) is 4.31. The van der Waals surface area contributed by atoms with Gasteiger partial charge in [0, 0.05) is 31.8 Å². The quantitative estimate of drug-likeness (QED) is 0.685. The second-order valence-electron chi connectivity index (χ2n) is 6.40. The van der Waals surface area contributed by atoms with E-state index < -0.39 is 6.04 Å². The number of aryl methyl sites for hydroxylation is 1. The second-order valence-corrected chi connectivity index (χ2v) is 6.40. The van der Waals surface area contributed by atoms with E-state index in [-0.39, 0.29) is 5.91 Å². The van der Waals surface area contributed by atoms with Crippen molar-refractivity contribution in [2.45, 2.75) is 19.4 Å². The van der Waals surface area contributed by atoms with E-state index >= 15 is 0 Å². The molecule has 0 saturated heterocycles. The van der Waals surface area contributed by atoms with Crippen molar-refractivity contribution in [3.05, 3.63) is 53.6 Å². The molecule has 0 bridgehead atoms. The average molecular weight is 372 g/mol. The molecule has 0 saturated carbocycles. The fourth-order valence-electron chi connectivity index (χ4n) is 2.62. The highest BCUT2D eigenvalue weighted by molar-refractivity contribution is 5.82. The second kappa shape index (κ2) is 9.83. The Morgan fingerprint density at radius 1 is 1.04 bits per heavy atom. The van der Waals surface area contributed by atoms with E-state index in [0.717, 1.165) is 11.1 Å². The zero-order valence-corrected chi connectivity index (χ0v) is 16.4. The molecule has 2 aromatic carbocycles. The van der Waals surface area contributed by atoms with Gasteiger partial charge in [-0.15, -0.1) is 0 Å². The Balaban J connectivity index is 1.82. The van der Waals surface area contributed by atoms with Gasteiger partial charge in [-0.2, -0.15) is 0 Å². The highest BCUT2D eigenvalue weighted by Crippen LogP contribution is 2.27. The summed E-state index contributed by atoms with van der Waals surface area (Å²) in [7, 11) is 4.94. The molecule has 146 valence electrons. The molecule has 1 amide bonds. The maximum Gasteiger partial charge on any atom is 0.243 e. The minimum atomic E-state index is -0.654. The van der Waals surface area contributed by atoms with Gasteiger partial charge in [-0.25, -0.2) is 0 Å². The summed E-state index contributed by atoms with van der Waals surface area (Å²) in [6.07, 6.45) is 0.683. The number of ether oxygens (including phenoxy) is 3. The molecule has 2 aromatic rings. The number of carbonyl (C=O) groups excluding carboxylic acids is 1. The lowest BCUT2D eigenvalue weighted by atomic mass is 10.0. The van der Waals surface area contributed by atoms with Gasteiger partial charge in [0.1, 0.15) is 23.3 Å². The number of likely N-dealkylation sites (N-methyl/N-ethyl adjacent to an activating group) is 1. The maximum atomic E-state index is 12.5. The van der Waals surface area contributed by atoms with Gasteiger partial charge in [-0.1, -0.05) is 29.8 Å². The van der Waals surface area contributed by atoms with Crippen LogP contribution in [0.1, 0.15) is 23.6 Å². The molecule has 1 atom stereocenters. The average Bonchev–Trinajstić information content (AvgIpc) is 2.70. The van der Waals surface area contributed by atoms with E-state index in [1.807, 2.05) is 31.2 Å². The normalized spacial score (nSPS) is 11.6. The molecular weight excluding hydrogens is 344 g/mol. The minimum Gasteiger partial charge on any atom is -0.496 e. The van der Waals surface area contributed by atoms with Gasteiger partial charge in [-0.05, 0) is 18.9 Å². The van der Waals surface area contributed by atoms with Crippen LogP contribution in [-0.2, 0) is 4.79 Å². The first-order chi connectivity index (χ1) is 12.9. The first kappa shape index (κ1) is 20.6. The molecule has 6 nitrogen and oxygen atoms in total. The Morgan fingerprint density at radius 2 is 1.59 bits per heavy atom. The Bertz CT molecular complexity index is 724. The molecule has 0 fully saturated rings. The number of nitrogens with zero attached hydrogens (tertiary/aromatic N) is 1. The molecule has 0 aromatic heterocycles. The van der Waals surface area contributed by atoms with Crippen LogP contribution in [-0.4, -0.2) is 45.2 Å². The van der Waals surface area contributed by atoms with Crippen molar-refractivity contribution in [1.82, 2.24) is 4.90 Å². The molecule has 2 N–H and O–H groups in total. The summed E-state index contributed by atoms with van der Waals surface area (Å²) < 4.78 is 16.2. The molecule has 1 unspecified atom stereocenters. The summed E-state index contributed by atoms with van der Waals surface area (Å²) in [4.78, 5) is 14.1. The van der Waals surface area contributed by atoms with Crippen LogP contribution in [0.3, 0.4) is 0 Å². The van der Waals surface area contributed by atoms with Gasteiger partial charge in [0.25, 0.3) is 0 Å². The van der Waals surface area contributed by atoms with Crippen molar-refractivity contribution in [3.63, 3.8) is 0 Å². The van der Waals surface area contributed by atoms with Crippen LogP contribution in [0, 0.1) is 6.92 Å². The predicted molar refractivity (Wildman–Crippen MR) is 105 cm³/mol. The number of hydrogen-bond acceptors (Lipinski definition) is 5. The molecule has 0 spiro atoms. The monoisotopic (exact) mass is 372 g/mol. The molecular formula is C21H28N2O4. The fourth-order valence-corrected chi connectivity index (χ4v) is 2.62.